The molecule has 0 amide bonds. The highest BCUT2D eigenvalue weighted by Crippen LogP contribution is 2.35. The van der Waals surface area contributed by atoms with Crippen molar-refractivity contribution in [2.45, 2.75) is 25.2 Å². The van der Waals surface area contributed by atoms with Gasteiger partial charge in [0.15, 0.2) is 0 Å². The molecule has 4 nitrogen and oxygen atoms in total. The van der Waals surface area contributed by atoms with E-state index in [1.165, 1.54) is 0 Å². The second kappa shape index (κ2) is 4.99. The summed E-state index contributed by atoms with van der Waals surface area (Å²) in [5.74, 6) is 0.643. The first-order chi connectivity index (χ1) is 8.22. The normalized spacial score (nSPS) is 19.6. The summed E-state index contributed by atoms with van der Waals surface area (Å²) in [6.45, 7) is 0. The molecule has 0 N–H and O–H groups in total. The number of benzene rings is 1. The minimum absolute atomic E-state index is 0.103. The molecule has 4 heteroatoms. The zero-order valence-corrected chi connectivity index (χ0v) is 9.76. The molecule has 0 saturated carbocycles. The van der Waals surface area contributed by atoms with E-state index in [1.807, 2.05) is 24.3 Å². The first kappa shape index (κ1) is 11.6. The van der Waals surface area contributed by atoms with Gasteiger partial charge in [0.05, 0.1) is 18.0 Å². The van der Waals surface area contributed by atoms with Crippen LogP contribution in [0.25, 0.3) is 0 Å². The van der Waals surface area contributed by atoms with Crippen molar-refractivity contribution < 1.29 is 9.66 Å². The highest BCUT2D eigenvalue weighted by atomic mass is 16.6. The average molecular weight is 233 g/mol. The molecule has 0 aromatic heterocycles. The van der Waals surface area contributed by atoms with Gasteiger partial charge in [0.25, 0.3) is 0 Å². The molecule has 0 radical (unpaired) electrons. The average Bonchev–Trinajstić information content (AvgIpc) is 2.39. The van der Waals surface area contributed by atoms with E-state index in [4.69, 9.17) is 4.74 Å². The molecule has 17 heavy (non-hydrogen) atoms. The lowest BCUT2D eigenvalue weighted by Crippen LogP contribution is -2.13. The topological polar surface area (TPSA) is 52.4 Å². The van der Waals surface area contributed by atoms with Crippen LogP contribution in [0.1, 0.15) is 30.7 Å². The third kappa shape index (κ3) is 2.46. The predicted molar refractivity (Wildman–Crippen MR) is 64.7 cm³/mol. The molecule has 0 unspecified atom stereocenters. The van der Waals surface area contributed by atoms with Crippen LogP contribution in [0.4, 0.5) is 0 Å². The monoisotopic (exact) mass is 233 g/mol. The van der Waals surface area contributed by atoms with Crippen molar-refractivity contribution in [3.8, 4) is 5.75 Å². The van der Waals surface area contributed by atoms with Gasteiger partial charge in [-0.3, -0.25) is 10.1 Å². The number of rotatable bonds is 3. The van der Waals surface area contributed by atoms with Crippen molar-refractivity contribution >= 4 is 0 Å². The molecule has 90 valence electrons. The van der Waals surface area contributed by atoms with Crippen molar-refractivity contribution in [1.29, 1.82) is 0 Å². The number of hydrogen-bond donors (Lipinski definition) is 0. The van der Waals surface area contributed by atoms with E-state index in [2.05, 4.69) is 0 Å². The van der Waals surface area contributed by atoms with Crippen LogP contribution in [-0.2, 0) is 0 Å². The minimum atomic E-state index is -0.261. The lowest BCUT2D eigenvalue weighted by atomic mass is 9.86. The molecule has 0 aliphatic heterocycles. The lowest BCUT2D eigenvalue weighted by molar-refractivity contribution is -0.431. The fourth-order valence-electron chi connectivity index (χ4n) is 2.26. The molecule has 0 fully saturated rings. The first-order valence-corrected chi connectivity index (χ1v) is 5.71. The van der Waals surface area contributed by atoms with Crippen LogP contribution in [0.15, 0.2) is 36.0 Å². The van der Waals surface area contributed by atoms with Gasteiger partial charge in [-0.05, 0) is 43.0 Å². The number of allylic oxidation sites excluding steroid dienone is 2. The maximum Gasteiger partial charge on any atom is 0.249 e. The molecule has 0 heterocycles. The number of ether oxygens (including phenoxy) is 1. The smallest absolute Gasteiger partial charge is 0.249 e. The molecule has 1 atom stereocenters. The Morgan fingerprint density at radius 1 is 1.47 bits per heavy atom. The van der Waals surface area contributed by atoms with Crippen LogP contribution in [0.3, 0.4) is 0 Å². The molecule has 2 rings (SSSR count). The summed E-state index contributed by atoms with van der Waals surface area (Å²) in [4.78, 5) is 10.7. The Morgan fingerprint density at radius 2 is 2.29 bits per heavy atom. The van der Waals surface area contributed by atoms with Gasteiger partial charge in [0, 0.05) is 0 Å². The van der Waals surface area contributed by atoms with Gasteiger partial charge < -0.3 is 4.74 Å². The minimum Gasteiger partial charge on any atom is -0.497 e. The number of hydrogen-bond acceptors (Lipinski definition) is 3. The van der Waals surface area contributed by atoms with Crippen LogP contribution >= 0.6 is 0 Å². The SMILES string of the molecule is COc1cccc([C@@H]2CCCC=C2[N+](=O)[O-])c1. The van der Waals surface area contributed by atoms with Crippen LogP contribution in [0.2, 0.25) is 0 Å². The third-order valence-electron chi connectivity index (χ3n) is 3.11. The van der Waals surface area contributed by atoms with Gasteiger partial charge in [-0.1, -0.05) is 12.1 Å². The lowest BCUT2D eigenvalue weighted by Gasteiger charge is -2.18. The quantitative estimate of drug-likeness (QED) is 0.595. The van der Waals surface area contributed by atoms with Gasteiger partial charge in [-0.15, -0.1) is 0 Å². The Labute approximate surface area is 100 Å². The summed E-state index contributed by atoms with van der Waals surface area (Å²) in [6.07, 6.45) is 4.38. The summed E-state index contributed by atoms with van der Waals surface area (Å²) < 4.78 is 5.15. The van der Waals surface area contributed by atoms with Gasteiger partial charge in [0.1, 0.15) is 5.75 Å². The van der Waals surface area contributed by atoms with E-state index in [0.29, 0.717) is 5.70 Å². The van der Waals surface area contributed by atoms with E-state index < -0.39 is 0 Å². The van der Waals surface area contributed by atoms with E-state index in [1.54, 1.807) is 13.2 Å². The number of methoxy groups -OCH3 is 1. The third-order valence-corrected chi connectivity index (χ3v) is 3.11. The van der Waals surface area contributed by atoms with Gasteiger partial charge in [0.2, 0.25) is 5.70 Å². The Balaban J connectivity index is 2.34. The summed E-state index contributed by atoms with van der Waals surface area (Å²) in [7, 11) is 1.60. The van der Waals surface area contributed by atoms with Crippen LogP contribution in [0, 0.1) is 10.1 Å². The van der Waals surface area contributed by atoms with E-state index >= 15 is 0 Å². The van der Waals surface area contributed by atoms with E-state index in [9.17, 15) is 10.1 Å². The standard InChI is InChI=1S/C13H15NO3/c1-17-11-6-4-5-10(9-11)12-7-2-3-8-13(12)14(15)16/h4-6,8-9,12H,2-3,7H2,1H3/t12-/m0/s1. The molecule has 0 spiro atoms. The largest absolute Gasteiger partial charge is 0.497 e. The second-order valence-electron chi connectivity index (χ2n) is 4.15. The molecule has 1 aliphatic carbocycles. The molecular weight excluding hydrogens is 218 g/mol. The van der Waals surface area contributed by atoms with Gasteiger partial charge >= 0.3 is 0 Å². The molecule has 0 bridgehead atoms. The van der Waals surface area contributed by atoms with Crippen molar-refractivity contribution in [2.75, 3.05) is 7.11 Å². The van der Waals surface area contributed by atoms with Crippen LogP contribution in [0.5, 0.6) is 5.75 Å². The molecule has 1 aromatic carbocycles. The highest BCUT2D eigenvalue weighted by molar-refractivity contribution is 5.34. The maximum atomic E-state index is 11.0. The molecule has 0 saturated heterocycles. The Kier molecular flexibility index (Phi) is 3.42. The maximum absolute atomic E-state index is 11.0. The van der Waals surface area contributed by atoms with Gasteiger partial charge in [-0.2, -0.15) is 0 Å². The molecule has 1 aromatic rings. The van der Waals surface area contributed by atoms with Crippen molar-refractivity contribution in [1.82, 2.24) is 0 Å². The van der Waals surface area contributed by atoms with Crippen molar-refractivity contribution in [3.63, 3.8) is 0 Å². The second-order valence-corrected chi connectivity index (χ2v) is 4.15. The summed E-state index contributed by atoms with van der Waals surface area (Å²) in [5.41, 5.74) is 1.29. The van der Waals surface area contributed by atoms with Gasteiger partial charge in [-0.25, -0.2) is 0 Å². The predicted octanol–water partition coefficient (Wildman–Crippen LogP) is 3.12. The fourth-order valence-corrected chi connectivity index (χ4v) is 2.26. The number of nitro groups is 1. The number of nitrogens with zero attached hydrogens (tertiary/aromatic N) is 1. The van der Waals surface area contributed by atoms with Crippen molar-refractivity contribution in [2.24, 2.45) is 0 Å². The van der Waals surface area contributed by atoms with Crippen LogP contribution in [-0.4, -0.2) is 12.0 Å². The Bertz CT molecular complexity index is 454. The van der Waals surface area contributed by atoms with E-state index in [0.717, 1.165) is 30.6 Å². The molecular formula is C13H15NO3. The first-order valence-electron chi connectivity index (χ1n) is 5.71. The fraction of sp³-hybridized carbons (Fsp3) is 0.385. The zero-order chi connectivity index (χ0) is 12.3. The Morgan fingerprint density at radius 3 is 3.00 bits per heavy atom. The van der Waals surface area contributed by atoms with Crippen LogP contribution < -0.4 is 4.74 Å². The van der Waals surface area contributed by atoms with E-state index in [-0.39, 0.29) is 10.8 Å². The summed E-state index contributed by atoms with van der Waals surface area (Å²) in [6, 6.07) is 7.53. The zero-order valence-electron chi connectivity index (χ0n) is 9.76. The summed E-state index contributed by atoms with van der Waals surface area (Å²) >= 11 is 0. The molecule has 1 aliphatic rings. The van der Waals surface area contributed by atoms with Crippen molar-refractivity contribution in [3.05, 3.63) is 51.7 Å². The highest BCUT2D eigenvalue weighted by Gasteiger charge is 2.28. The Hall–Kier alpha value is -1.84. The summed E-state index contributed by atoms with van der Waals surface area (Å²) in [5, 5.41) is 11.0.